The zero-order chi connectivity index (χ0) is 21.8. The maximum Gasteiger partial charge on any atom is 0.796 e. The maximum atomic E-state index is 13.0. The van der Waals surface area contributed by atoms with Crippen LogP contribution >= 0.6 is 0 Å². The molecule has 0 aromatic heterocycles. The molecule has 0 radical (unpaired) electrons. The Balaban J connectivity index is 1.61. The van der Waals surface area contributed by atoms with E-state index in [1.807, 2.05) is 0 Å². The van der Waals surface area contributed by atoms with Crippen LogP contribution in [0.1, 0.15) is 79.1 Å². The first-order valence-corrected chi connectivity index (χ1v) is 11.4. The van der Waals surface area contributed by atoms with Gasteiger partial charge < -0.3 is 9.39 Å². The van der Waals surface area contributed by atoms with Crippen LogP contribution in [-0.2, 0) is 19.0 Å². The molecule has 4 aliphatic carbocycles. The molecule has 7 heteroatoms. The van der Waals surface area contributed by atoms with E-state index in [9.17, 15) is 18.2 Å². The quantitative estimate of drug-likeness (QED) is 0.453. The van der Waals surface area contributed by atoms with Crippen molar-refractivity contribution in [2.45, 2.75) is 85.2 Å². The van der Waals surface area contributed by atoms with Crippen molar-refractivity contribution in [1.29, 1.82) is 0 Å². The second-order valence-corrected chi connectivity index (χ2v) is 10.6. The molecule has 0 aliphatic heterocycles. The van der Waals surface area contributed by atoms with Gasteiger partial charge in [0.15, 0.2) is 5.78 Å². The lowest BCUT2D eigenvalue weighted by molar-refractivity contribution is -0.160. The third-order valence-electron chi connectivity index (χ3n) is 9.27. The summed E-state index contributed by atoms with van der Waals surface area (Å²) in [5.74, 6) is 1.66. The minimum Gasteiger partial charge on any atom is -0.508 e. The van der Waals surface area contributed by atoms with Crippen LogP contribution in [0.25, 0.3) is 0 Å². The molecule has 7 atom stereocenters. The number of Topliss-reactive ketones (excluding diaryl/α,β-unsaturated/α-hetero) is 1. The summed E-state index contributed by atoms with van der Waals surface area (Å²) < 4.78 is 36.4. The molecule has 30 heavy (non-hydrogen) atoms. The fourth-order valence-corrected chi connectivity index (χ4v) is 7.87. The second-order valence-electron chi connectivity index (χ2n) is 10.6. The van der Waals surface area contributed by atoms with Gasteiger partial charge in [-0.1, -0.05) is 13.8 Å². The summed E-state index contributed by atoms with van der Waals surface area (Å²) in [7, 11) is -2.89. The van der Waals surface area contributed by atoms with Crippen molar-refractivity contribution in [3.05, 3.63) is 11.3 Å². The zero-order valence-electron chi connectivity index (χ0n) is 18.5. The number of fused-ring (bicyclic) bond motifs is 5. The normalized spacial score (nSPS) is 42.7. The van der Waals surface area contributed by atoms with Gasteiger partial charge in [-0.25, -0.2) is 8.63 Å². The lowest BCUT2D eigenvalue weighted by atomic mass is 9.45. The maximum absolute atomic E-state index is 13.0. The molecule has 0 bridgehead atoms. The summed E-state index contributed by atoms with van der Waals surface area (Å²) in [6.07, 6.45) is 7.08. The SMILES string of the molecule is CC(=O)O[C@H]1CCC2C3CC[C@H]4CC(OB(F)F)=C(C(C)=O)C[C@]4(C)C3CC[C@@]21C. The summed E-state index contributed by atoms with van der Waals surface area (Å²) in [5, 5.41) is 0. The second kappa shape index (κ2) is 7.63. The van der Waals surface area contributed by atoms with Gasteiger partial charge >= 0.3 is 13.4 Å². The van der Waals surface area contributed by atoms with Crippen molar-refractivity contribution >= 4 is 19.2 Å². The molecule has 0 saturated heterocycles. The number of rotatable bonds is 4. The smallest absolute Gasteiger partial charge is 0.508 e. The predicted molar refractivity (Wildman–Crippen MR) is 109 cm³/mol. The van der Waals surface area contributed by atoms with E-state index in [1.54, 1.807) is 0 Å². The van der Waals surface area contributed by atoms with Crippen molar-refractivity contribution in [3.63, 3.8) is 0 Å². The van der Waals surface area contributed by atoms with Gasteiger partial charge in [0.25, 0.3) is 0 Å². The molecule has 0 N–H and O–H groups in total. The number of ketones is 1. The van der Waals surface area contributed by atoms with E-state index in [2.05, 4.69) is 13.8 Å². The van der Waals surface area contributed by atoms with E-state index in [0.717, 1.165) is 38.5 Å². The topological polar surface area (TPSA) is 52.6 Å². The Bertz CT molecular complexity index is 768. The molecule has 3 saturated carbocycles. The minimum absolute atomic E-state index is 0.00319. The highest BCUT2D eigenvalue weighted by atomic mass is 19.2. The Morgan fingerprint density at radius 1 is 1.00 bits per heavy atom. The highest BCUT2D eigenvalue weighted by Gasteiger charge is 2.61. The van der Waals surface area contributed by atoms with Crippen LogP contribution in [0.15, 0.2) is 11.3 Å². The van der Waals surface area contributed by atoms with Crippen LogP contribution in [0.5, 0.6) is 0 Å². The fourth-order valence-electron chi connectivity index (χ4n) is 7.87. The van der Waals surface area contributed by atoms with Crippen LogP contribution in [0, 0.1) is 34.5 Å². The van der Waals surface area contributed by atoms with Crippen molar-refractivity contribution < 1.29 is 27.6 Å². The van der Waals surface area contributed by atoms with Gasteiger partial charge in [-0.2, -0.15) is 0 Å². The third-order valence-corrected chi connectivity index (χ3v) is 9.27. The molecule has 0 spiro atoms. The largest absolute Gasteiger partial charge is 0.796 e. The van der Waals surface area contributed by atoms with Crippen LogP contribution in [0.4, 0.5) is 8.63 Å². The molecule has 166 valence electrons. The number of hydrogen-bond donors (Lipinski definition) is 0. The van der Waals surface area contributed by atoms with Gasteiger partial charge in [-0.05, 0) is 81.0 Å². The van der Waals surface area contributed by atoms with E-state index >= 15 is 0 Å². The number of ether oxygens (including phenoxy) is 1. The monoisotopic (exact) mass is 422 g/mol. The van der Waals surface area contributed by atoms with Crippen LogP contribution < -0.4 is 0 Å². The molecule has 0 aromatic carbocycles. The Hall–Kier alpha value is -1.40. The molecular weight excluding hydrogens is 389 g/mol. The number of halogens is 2. The number of allylic oxidation sites excluding steroid dienone is 2. The van der Waals surface area contributed by atoms with Gasteiger partial charge in [0, 0.05) is 24.3 Å². The number of carbonyl (C=O) groups excluding carboxylic acids is 2. The molecule has 4 aliphatic rings. The van der Waals surface area contributed by atoms with Crippen molar-refractivity contribution in [3.8, 4) is 0 Å². The Morgan fingerprint density at radius 3 is 2.33 bits per heavy atom. The third kappa shape index (κ3) is 3.40. The average molecular weight is 422 g/mol. The zero-order valence-corrected chi connectivity index (χ0v) is 18.5. The first-order chi connectivity index (χ1) is 14.1. The van der Waals surface area contributed by atoms with Crippen LogP contribution in [0.3, 0.4) is 0 Å². The van der Waals surface area contributed by atoms with Crippen molar-refractivity contribution in [1.82, 2.24) is 0 Å². The van der Waals surface area contributed by atoms with E-state index in [0.29, 0.717) is 36.2 Å². The lowest BCUT2D eigenvalue weighted by Gasteiger charge is -2.60. The fraction of sp³-hybridized carbons (Fsp3) is 0.826. The minimum atomic E-state index is -2.89. The summed E-state index contributed by atoms with van der Waals surface area (Å²) in [6, 6.07) is 0. The highest BCUT2D eigenvalue weighted by molar-refractivity contribution is 6.34. The number of hydrogen-bond acceptors (Lipinski definition) is 4. The van der Waals surface area contributed by atoms with E-state index in [4.69, 9.17) is 9.39 Å². The molecule has 0 aromatic rings. The summed E-state index contributed by atoms with van der Waals surface area (Å²) >= 11 is 0. The van der Waals surface area contributed by atoms with Gasteiger partial charge in [0.2, 0.25) is 0 Å². The lowest BCUT2D eigenvalue weighted by Crippen LogP contribution is -2.54. The van der Waals surface area contributed by atoms with Gasteiger partial charge in [0.1, 0.15) is 6.10 Å². The number of esters is 1. The standard InChI is InChI=1S/C23H33BF2O4/c1-13(27)17-12-23(4)15(11-20(17)30-24(25)26)5-6-16-18-7-8-21(29-14(2)28)22(18,3)10-9-19(16)23/h15-16,18-19,21H,5-12H2,1-4H3/t15-,16?,18?,19?,21-,22-,23-/m0/s1. The van der Waals surface area contributed by atoms with E-state index < -0.39 is 7.47 Å². The predicted octanol–water partition coefficient (Wildman–Crippen LogP) is 5.35. The van der Waals surface area contributed by atoms with Gasteiger partial charge in [-0.3, -0.25) is 9.59 Å². The first-order valence-electron chi connectivity index (χ1n) is 11.4. The Kier molecular flexibility index (Phi) is 5.55. The summed E-state index contributed by atoms with van der Waals surface area (Å²) in [5.41, 5.74) is 0.417. The van der Waals surface area contributed by atoms with Gasteiger partial charge in [0.05, 0.1) is 5.76 Å². The average Bonchev–Trinajstić information content (AvgIpc) is 2.97. The molecule has 4 nitrogen and oxygen atoms in total. The van der Waals surface area contributed by atoms with E-state index in [-0.39, 0.29) is 40.4 Å². The molecule has 3 fully saturated rings. The number of carbonyl (C=O) groups is 2. The molecule has 4 rings (SSSR count). The molecule has 0 amide bonds. The van der Waals surface area contributed by atoms with Crippen LogP contribution in [-0.4, -0.2) is 25.3 Å². The van der Waals surface area contributed by atoms with Crippen molar-refractivity contribution in [2.24, 2.45) is 34.5 Å². The summed E-state index contributed by atoms with van der Waals surface area (Å²) in [4.78, 5) is 23.9. The Morgan fingerprint density at radius 2 is 1.70 bits per heavy atom. The summed E-state index contributed by atoms with van der Waals surface area (Å²) in [6.45, 7) is 7.52. The van der Waals surface area contributed by atoms with Crippen LogP contribution in [0.2, 0.25) is 0 Å². The molecule has 3 unspecified atom stereocenters. The Labute approximate surface area is 178 Å². The molecular formula is C23H33BF2O4. The highest BCUT2D eigenvalue weighted by Crippen LogP contribution is 2.67. The van der Waals surface area contributed by atoms with Gasteiger partial charge in [-0.15, -0.1) is 0 Å². The first kappa shape index (κ1) is 21.8. The van der Waals surface area contributed by atoms with E-state index in [1.165, 1.54) is 13.8 Å². The molecule has 0 heterocycles. The van der Waals surface area contributed by atoms with Crippen molar-refractivity contribution in [2.75, 3.05) is 0 Å².